The predicted molar refractivity (Wildman–Crippen MR) is 105 cm³/mol. The van der Waals surface area contributed by atoms with Gasteiger partial charge in [0.15, 0.2) is 6.10 Å². The molecule has 0 bridgehead atoms. The van der Waals surface area contributed by atoms with Gasteiger partial charge in [0.05, 0.1) is 11.6 Å². The molecular weight excluding hydrogens is 336 g/mol. The van der Waals surface area contributed by atoms with E-state index in [9.17, 15) is 4.79 Å². The van der Waals surface area contributed by atoms with Crippen LogP contribution in [0.2, 0.25) is 0 Å². The minimum Gasteiger partial charge on any atom is -0.481 e. The Balaban J connectivity index is 1.66. The first kappa shape index (κ1) is 19.0. The molecule has 1 saturated carbocycles. The van der Waals surface area contributed by atoms with E-state index in [0.29, 0.717) is 29.8 Å². The summed E-state index contributed by atoms with van der Waals surface area (Å²) < 4.78 is 5.82. The fraction of sp³-hybridized carbons (Fsp3) is 0.391. The van der Waals surface area contributed by atoms with Crippen molar-refractivity contribution in [2.45, 2.75) is 58.2 Å². The van der Waals surface area contributed by atoms with E-state index in [4.69, 9.17) is 10.00 Å². The number of amides is 1. The Hall–Kier alpha value is -2.80. The number of ether oxygens (including phenoxy) is 1. The second-order valence-corrected chi connectivity index (χ2v) is 7.49. The van der Waals surface area contributed by atoms with Crippen LogP contribution in [-0.2, 0) is 11.3 Å². The second kappa shape index (κ2) is 8.26. The summed E-state index contributed by atoms with van der Waals surface area (Å²) in [5, 5.41) is 8.88. The van der Waals surface area contributed by atoms with Crippen LogP contribution in [0.25, 0.3) is 0 Å². The van der Waals surface area contributed by atoms with Crippen LogP contribution in [0.3, 0.4) is 0 Å². The van der Waals surface area contributed by atoms with Gasteiger partial charge in [0, 0.05) is 12.6 Å². The Morgan fingerprint density at radius 3 is 2.26 bits per heavy atom. The number of hydrogen-bond donors (Lipinski definition) is 0. The molecule has 0 N–H and O–H groups in total. The second-order valence-electron chi connectivity index (χ2n) is 7.49. The summed E-state index contributed by atoms with van der Waals surface area (Å²) in [6.07, 6.45) is 1.55. The summed E-state index contributed by atoms with van der Waals surface area (Å²) in [5.41, 5.74) is 3.02. The Labute approximate surface area is 161 Å². The molecule has 27 heavy (non-hydrogen) atoms. The molecular formula is C23H26N2O2. The first-order chi connectivity index (χ1) is 13.0. The van der Waals surface area contributed by atoms with E-state index < -0.39 is 6.10 Å². The van der Waals surface area contributed by atoms with Crippen molar-refractivity contribution in [3.63, 3.8) is 0 Å². The maximum absolute atomic E-state index is 13.0. The van der Waals surface area contributed by atoms with E-state index in [2.05, 4.69) is 44.2 Å². The Bertz CT molecular complexity index is 815. The predicted octanol–water partition coefficient (Wildman–Crippen LogP) is 4.64. The minimum absolute atomic E-state index is 0.00907. The van der Waals surface area contributed by atoms with Crippen molar-refractivity contribution < 1.29 is 9.53 Å². The molecule has 0 heterocycles. The van der Waals surface area contributed by atoms with Crippen molar-refractivity contribution in [3.8, 4) is 11.8 Å². The lowest BCUT2D eigenvalue weighted by Crippen LogP contribution is -2.41. The topological polar surface area (TPSA) is 53.3 Å². The van der Waals surface area contributed by atoms with Gasteiger partial charge in [-0.1, -0.05) is 38.1 Å². The fourth-order valence-corrected chi connectivity index (χ4v) is 3.07. The largest absolute Gasteiger partial charge is 0.481 e. The van der Waals surface area contributed by atoms with Gasteiger partial charge in [-0.2, -0.15) is 5.26 Å². The monoisotopic (exact) mass is 362 g/mol. The third-order valence-corrected chi connectivity index (χ3v) is 4.91. The van der Waals surface area contributed by atoms with E-state index >= 15 is 0 Å². The van der Waals surface area contributed by atoms with Crippen LogP contribution in [0.1, 0.15) is 56.2 Å². The molecule has 0 aromatic heterocycles. The fourth-order valence-electron chi connectivity index (χ4n) is 3.07. The van der Waals surface area contributed by atoms with Crippen LogP contribution in [0.4, 0.5) is 0 Å². The third-order valence-electron chi connectivity index (χ3n) is 4.91. The highest BCUT2D eigenvalue weighted by atomic mass is 16.5. The van der Waals surface area contributed by atoms with Crippen LogP contribution in [0, 0.1) is 11.3 Å². The summed E-state index contributed by atoms with van der Waals surface area (Å²) >= 11 is 0. The molecule has 4 nitrogen and oxygen atoms in total. The summed E-state index contributed by atoms with van der Waals surface area (Å²) in [6.45, 7) is 6.76. The molecule has 1 amide bonds. The van der Waals surface area contributed by atoms with Gasteiger partial charge in [0.1, 0.15) is 5.75 Å². The molecule has 1 atom stereocenters. The summed E-state index contributed by atoms with van der Waals surface area (Å²) in [4.78, 5) is 14.9. The average Bonchev–Trinajstić information content (AvgIpc) is 3.51. The van der Waals surface area contributed by atoms with E-state index in [1.165, 1.54) is 5.56 Å². The number of carbonyl (C=O) groups excluding carboxylic acids is 1. The highest BCUT2D eigenvalue weighted by Crippen LogP contribution is 2.30. The number of rotatable bonds is 7. The van der Waals surface area contributed by atoms with Crippen LogP contribution in [-0.4, -0.2) is 23.0 Å². The van der Waals surface area contributed by atoms with Gasteiger partial charge in [0.25, 0.3) is 5.91 Å². The average molecular weight is 362 g/mol. The maximum Gasteiger partial charge on any atom is 0.263 e. The SMILES string of the molecule is CC(C)c1ccc(CN(C(=O)[C@H](C)Oc2ccc(C#N)cc2)C2CC2)cc1. The molecule has 3 rings (SSSR count). The zero-order chi connectivity index (χ0) is 19.4. The first-order valence-corrected chi connectivity index (χ1v) is 9.54. The van der Waals surface area contributed by atoms with Crippen molar-refractivity contribution >= 4 is 5.91 Å². The van der Waals surface area contributed by atoms with Crippen molar-refractivity contribution in [2.24, 2.45) is 0 Å². The van der Waals surface area contributed by atoms with Crippen molar-refractivity contribution in [3.05, 3.63) is 65.2 Å². The smallest absolute Gasteiger partial charge is 0.263 e. The third kappa shape index (κ3) is 4.89. The van der Waals surface area contributed by atoms with Crippen LogP contribution < -0.4 is 4.74 Å². The van der Waals surface area contributed by atoms with E-state index in [-0.39, 0.29) is 5.91 Å². The molecule has 0 saturated heterocycles. The molecule has 1 aliphatic carbocycles. The Kier molecular flexibility index (Phi) is 5.81. The Morgan fingerprint density at radius 2 is 1.74 bits per heavy atom. The van der Waals surface area contributed by atoms with Crippen LogP contribution in [0.5, 0.6) is 5.75 Å². The Morgan fingerprint density at radius 1 is 1.11 bits per heavy atom. The van der Waals surface area contributed by atoms with Crippen molar-refractivity contribution in [1.82, 2.24) is 4.90 Å². The summed E-state index contributed by atoms with van der Waals surface area (Å²) in [6, 6.07) is 17.8. The van der Waals surface area contributed by atoms with E-state index in [1.807, 2.05) is 4.90 Å². The first-order valence-electron chi connectivity index (χ1n) is 9.54. The lowest BCUT2D eigenvalue weighted by Gasteiger charge is -2.26. The van der Waals surface area contributed by atoms with Crippen molar-refractivity contribution in [2.75, 3.05) is 0 Å². The van der Waals surface area contributed by atoms with E-state index in [0.717, 1.165) is 18.4 Å². The molecule has 1 aliphatic rings. The molecule has 140 valence electrons. The number of nitrogens with zero attached hydrogens (tertiary/aromatic N) is 2. The van der Waals surface area contributed by atoms with Gasteiger partial charge in [-0.05, 0) is 61.1 Å². The number of benzene rings is 2. The molecule has 2 aromatic carbocycles. The summed E-state index contributed by atoms with van der Waals surface area (Å²) in [5.74, 6) is 1.11. The van der Waals surface area contributed by atoms with Crippen LogP contribution >= 0.6 is 0 Å². The lowest BCUT2D eigenvalue weighted by molar-refractivity contribution is -0.139. The minimum atomic E-state index is -0.562. The zero-order valence-corrected chi connectivity index (χ0v) is 16.2. The molecule has 1 fully saturated rings. The number of hydrogen-bond acceptors (Lipinski definition) is 3. The van der Waals surface area contributed by atoms with E-state index in [1.54, 1.807) is 31.2 Å². The van der Waals surface area contributed by atoms with Gasteiger partial charge < -0.3 is 9.64 Å². The molecule has 2 aromatic rings. The molecule has 0 radical (unpaired) electrons. The molecule has 4 heteroatoms. The normalized spacial score (nSPS) is 14.5. The molecule has 0 unspecified atom stereocenters. The van der Waals surface area contributed by atoms with Gasteiger partial charge in [-0.15, -0.1) is 0 Å². The zero-order valence-electron chi connectivity index (χ0n) is 16.2. The number of carbonyl (C=O) groups is 1. The van der Waals surface area contributed by atoms with Crippen molar-refractivity contribution in [1.29, 1.82) is 5.26 Å². The maximum atomic E-state index is 13.0. The molecule has 0 spiro atoms. The number of nitriles is 1. The lowest BCUT2D eigenvalue weighted by atomic mass is 10.0. The highest BCUT2D eigenvalue weighted by Gasteiger charge is 2.35. The summed E-state index contributed by atoms with van der Waals surface area (Å²) in [7, 11) is 0. The van der Waals surface area contributed by atoms with Gasteiger partial charge in [0.2, 0.25) is 0 Å². The van der Waals surface area contributed by atoms with Crippen LogP contribution in [0.15, 0.2) is 48.5 Å². The molecule has 0 aliphatic heterocycles. The standard InChI is InChI=1S/C23H26N2O2/c1-16(2)20-8-4-19(5-9-20)15-25(21-10-11-21)23(26)17(3)27-22-12-6-18(14-24)7-13-22/h4-9,12-13,16-17,21H,10-11,15H2,1-3H3/t17-/m0/s1. The highest BCUT2D eigenvalue weighted by molar-refractivity contribution is 5.81. The van der Waals surface area contributed by atoms with Gasteiger partial charge >= 0.3 is 0 Å². The quantitative estimate of drug-likeness (QED) is 0.721. The van der Waals surface area contributed by atoms with Gasteiger partial charge in [-0.3, -0.25) is 4.79 Å². The van der Waals surface area contributed by atoms with Gasteiger partial charge in [-0.25, -0.2) is 0 Å².